The second-order valence-corrected chi connectivity index (χ2v) is 9.72. The van der Waals surface area contributed by atoms with Crippen LogP contribution in [0.1, 0.15) is 40.5 Å². The van der Waals surface area contributed by atoms with Crippen LogP contribution in [0.5, 0.6) is 0 Å². The first-order chi connectivity index (χ1) is 7.03. The van der Waals surface area contributed by atoms with Crippen molar-refractivity contribution >= 4 is 8.32 Å². The van der Waals surface area contributed by atoms with Gasteiger partial charge in [-0.2, -0.15) is 5.26 Å². The van der Waals surface area contributed by atoms with E-state index < -0.39 is 8.32 Å². The molecule has 0 radical (unpaired) electrons. The van der Waals surface area contributed by atoms with Crippen molar-refractivity contribution in [3.8, 4) is 6.07 Å². The first-order valence-corrected chi connectivity index (χ1v) is 8.66. The molecule has 0 aromatic heterocycles. The Morgan fingerprint density at radius 2 is 1.73 bits per heavy atom. The maximum Gasteiger partial charge on any atom is 0.192 e. The van der Waals surface area contributed by atoms with Gasteiger partial charge in [0.05, 0.1) is 17.6 Å². The molecule has 1 rings (SSSR count). The fourth-order valence-electron chi connectivity index (χ4n) is 2.65. The van der Waals surface area contributed by atoms with Crippen LogP contribution in [0.3, 0.4) is 0 Å². The van der Waals surface area contributed by atoms with E-state index in [2.05, 4.69) is 33.8 Å². The Kier molecular flexibility index (Phi) is 3.97. The average Bonchev–Trinajstić information content (AvgIpc) is 2.22. The first kappa shape index (κ1) is 12.7. The van der Waals surface area contributed by atoms with Crippen molar-refractivity contribution in [3.63, 3.8) is 0 Å². The van der Waals surface area contributed by atoms with Crippen molar-refractivity contribution in [1.29, 1.82) is 5.26 Å². The highest BCUT2D eigenvalue weighted by Crippen LogP contribution is 2.43. The van der Waals surface area contributed by atoms with Crippen LogP contribution in [0.2, 0.25) is 18.1 Å². The lowest BCUT2D eigenvalue weighted by Gasteiger charge is -2.48. The van der Waals surface area contributed by atoms with Crippen LogP contribution in [0.25, 0.3) is 0 Å². The zero-order chi connectivity index (χ0) is 11.5. The molecule has 0 aromatic carbocycles. The van der Waals surface area contributed by atoms with Crippen LogP contribution in [0, 0.1) is 17.2 Å². The standard InChI is InChI=1S/C12H23NOSi/c1-5-15(6-2,7-3)14-12(4)8-11(9-12)10-13/h11H,5-9H2,1-4H3. The zero-order valence-corrected chi connectivity index (χ0v) is 11.5. The van der Waals surface area contributed by atoms with Gasteiger partial charge in [0, 0.05) is 0 Å². The Morgan fingerprint density at radius 3 is 2.07 bits per heavy atom. The molecule has 1 saturated carbocycles. The molecule has 1 aliphatic rings. The third kappa shape index (κ3) is 2.62. The van der Waals surface area contributed by atoms with Gasteiger partial charge >= 0.3 is 0 Å². The minimum absolute atomic E-state index is 0.0225. The van der Waals surface area contributed by atoms with E-state index >= 15 is 0 Å². The minimum Gasteiger partial charge on any atom is -0.412 e. The van der Waals surface area contributed by atoms with Crippen LogP contribution < -0.4 is 0 Å². The lowest BCUT2D eigenvalue weighted by Crippen LogP contribution is -2.52. The molecule has 0 heterocycles. The molecule has 0 saturated heterocycles. The molecule has 1 aliphatic carbocycles. The smallest absolute Gasteiger partial charge is 0.192 e. The van der Waals surface area contributed by atoms with Crippen LogP contribution in [0.4, 0.5) is 0 Å². The number of hydrogen-bond donors (Lipinski definition) is 0. The van der Waals surface area contributed by atoms with Crippen molar-refractivity contribution in [2.75, 3.05) is 0 Å². The first-order valence-electron chi connectivity index (χ1n) is 6.13. The summed E-state index contributed by atoms with van der Waals surface area (Å²) in [6.45, 7) is 8.94. The lowest BCUT2D eigenvalue weighted by molar-refractivity contribution is -0.0249. The minimum atomic E-state index is -1.47. The van der Waals surface area contributed by atoms with Crippen molar-refractivity contribution in [3.05, 3.63) is 0 Å². The molecular formula is C12H23NOSi. The third-order valence-corrected chi connectivity index (χ3v) is 8.73. The van der Waals surface area contributed by atoms with Crippen molar-refractivity contribution < 1.29 is 4.43 Å². The molecule has 0 aliphatic heterocycles. The zero-order valence-electron chi connectivity index (χ0n) is 10.5. The van der Waals surface area contributed by atoms with E-state index in [4.69, 9.17) is 9.69 Å². The van der Waals surface area contributed by atoms with Crippen LogP contribution >= 0.6 is 0 Å². The van der Waals surface area contributed by atoms with E-state index in [1.165, 1.54) is 18.1 Å². The summed E-state index contributed by atoms with van der Waals surface area (Å²) in [6, 6.07) is 5.94. The summed E-state index contributed by atoms with van der Waals surface area (Å²) >= 11 is 0. The summed E-state index contributed by atoms with van der Waals surface area (Å²) in [5.41, 5.74) is 0.0225. The Hall–Kier alpha value is -0.333. The number of nitrogens with zero attached hydrogens (tertiary/aromatic N) is 1. The molecule has 2 nitrogen and oxygen atoms in total. The highest BCUT2D eigenvalue weighted by atomic mass is 28.4. The average molecular weight is 225 g/mol. The summed E-state index contributed by atoms with van der Waals surface area (Å²) < 4.78 is 6.43. The molecule has 0 atom stereocenters. The highest BCUT2D eigenvalue weighted by Gasteiger charge is 2.46. The van der Waals surface area contributed by atoms with E-state index in [1.807, 2.05) is 0 Å². The van der Waals surface area contributed by atoms with Gasteiger partial charge in [-0.05, 0) is 37.9 Å². The third-order valence-electron chi connectivity index (χ3n) is 3.93. The molecule has 0 bridgehead atoms. The Balaban J connectivity index is 2.57. The van der Waals surface area contributed by atoms with Gasteiger partial charge in [0.25, 0.3) is 0 Å². The second-order valence-electron chi connectivity index (χ2n) is 5.03. The van der Waals surface area contributed by atoms with Crippen LogP contribution in [-0.2, 0) is 4.43 Å². The summed E-state index contributed by atoms with van der Waals surface area (Å²) in [7, 11) is -1.47. The number of rotatable bonds is 5. The Morgan fingerprint density at radius 1 is 1.27 bits per heavy atom. The summed E-state index contributed by atoms with van der Waals surface area (Å²) in [5.74, 6) is 0.243. The monoisotopic (exact) mass is 225 g/mol. The molecule has 0 N–H and O–H groups in total. The normalized spacial score (nSPS) is 30.7. The summed E-state index contributed by atoms with van der Waals surface area (Å²) in [5, 5.41) is 8.79. The molecule has 0 unspecified atom stereocenters. The molecule has 86 valence electrons. The fourth-order valence-corrected chi connectivity index (χ4v) is 5.79. The van der Waals surface area contributed by atoms with Crippen molar-refractivity contribution in [2.24, 2.45) is 5.92 Å². The van der Waals surface area contributed by atoms with Gasteiger partial charge in [-0.1, -0.05) is 20.8 Å². The largest absolute Gasteiger partial charge is 0.412 e. The highest BCUT2D eigenvalue weighted by molar-refractivity contribution is 6.73. The van der Waals surface area contributed by atoms with E-state index in [9.17, 15) is 0 Å². The van der Waals surface area contributed by atoms with Gasteiger partial charge in [-0.15, -0.1) is 0 Å². The van der Waals surface area contributed by atoms with Gasteiger partial charge in [-0.25, -0.2) is 0 Å². The predicted octanol–water partition coefficient (Wildman–Crippen LogP) is 3.70. The van der Waals surface area contributed by atoms with E-state index in [0.717, 1.165) is 12.8 Å². The maximum atomic E-state index is 8.79. The molecule has 0 aromatic rings. The molecule has 3 heteroatoms. The molecule has 0 amide bonds. The van der Waals surface area contributed by atoms with Crippen molar-refractivity contribution in [1.82, 2.24) is 0 Å². The Bertz CT molecular complexity index is 241. The number of nitriles is 1. The van der Waals surface area contributed by atoms with Crippen LogP contribution in [0.15, 0.2) is 0 Å². The molecule has 15 heavy (non-hydrogen) atoms. The predicted molar refractivity (Wildman–Crippen MR) is 65.0 cm³/mol. The van der Waals surface area contributed by atoms with Crippen molar-refractivity contribution in [2.45, 2.75) is 64.3 Å². The molecule has 1 fully saturated rings. The fraction of sp³-hybridized carbons (Fsp3) is 0.917. The summed E-state index contributed by atoms with van der Waals surface area (Å²) in [4.78, 5) is 0. The van der Waals surface area contributed by atoms with Gasteiger partial charge in [0.2, 0.25) is 0 Å². The van der Waals surface area contributed by atoms with E-state index in [0.29, 0.717) is 0 Å². The van der Waals surface area contributed by atoms with E-state index in [-0.39, 0.29) is 11.5 Å². The number of hydrogen-bond acceptors (Lipinski definition) is 2. The van der Waals surface area contributed by atoms with Gasteiger partial charge < -0.3 is 4.43 Å². The SMILES string of the molecule is CC[Si](CC)(CC)OC1(C)CC(C#N)C1. The van der Waals surface area contributed by atoms with E-state index in [1.54, 1.807) is 0 Å². The summed E-state index contributed by atoms with van der Waals surface area (Å²) in [6.07, 6.45) is 1.89. The van der Waals surface area contributed by atoms with Crippen LogP contribution in [-0.4, -0.2) is 13.9 Å². The van der Waals surface area contributed by atoms with Gasteiger partial charge in [-0.3, -0.25) is 0 Å². The quantitative estimate of drug-likeness (QED) is 0.668. The topological polar surface area (TPSA) is 33.0 Å². The van der Waals surface area contributed by atoms with Gasteiger partial charge in [0.1, 0.15) is 0 Å². The molecule has 0 spiro atoms. The van der Waals surface area contributed by atoms with Gasteiger partial charge in [0.15, 0.2) is 8.32 Å². The second kappa shape index (κ2) is 4.67. The Labute approximate surface area is 94.8 Å². The lowest BCUT2D eigenvalue weighted by atomic mass is 9.73. The maximum absolute atomic E-state index is 8.79. The molecular weight excluding hydrogens is 202 g/mol.